The first-order valence-corrected chi connectivity index (χ1v) is 8.48. The molecule has 0 bridgehead atoms. The molecule has 1 aromatic carbocycles. The molecule has 1 N–H and O–H groups in total. The number of hydrogen-bond donors (Lipinski definition) is 1. The third kappa shape index (κ3) is 3.04. The van der Waals surface area contributed by atoms with E-state index in [-0.39, 0.29) is 12.5 Å². The third-order valence-electron chi connectivity index (χ3n) is 5.01. The van der Waals surface area contributed by atoms with E-state index in [0.717, 1.165) is 11.4 Å². The number of benzene rings is 1. The minimum Gasteiger partial charge on any atom is -0.481 e. The molecular weight excluding hydrogens is 318 g/mol. The van der Waals surface area contributed by atoms with E-state index in [0.29, 0.717) is 30.6 Å². The van der Waals surface area contributed by atoms with Gasteiger partial charge >= 0.3 is 5.97 Å². The molecular formula is C19H23N3O3. The molecule has 6 nitrogen and oxygen atoms in total. The van der Waals surface area contributed by atoms with Crippen LogP contribution in [0.25, 0.3) is 5.69 Å². The number of aryl methyl sites for hydroxylation is 1. The van der Waals surface area contributed by atoms with E-state index < -0.39 is 11.4 Å². The Balaban J connectivity index is 1.93. The number of aromatic nitrogens is 2. The Morgan fingerprint density at radius 2 is 1.88 bits per heavy atom. The van der Waals surface area contributed by atoms with Gasteiger partial charge in [0.1, 0.15) is 0 Å². The lowest BCUT2D eigenvalue weighted by Crippen LogP contribution is -2.48. The minimum atomic E-state index is -0.884. The first-order valence-electron chi connectivity index (χ1n) is 8.48. The fourth-order valence-corrected chi connectivity index (χ4v) is 3.52. The molecule has 1 amide bonds. The van der Waals surface area contributed by atoms with E-state index in [1.807, 2.05) is 44.2 Å². The Bertz CT molecular complexity index is 813. The fraction of sp³-hybridized carbons (Fsp3) is 0.421. The molecule has 0 saturated carbocycles. The van der Waals surface area contributed by atoms with E-state index in [9.17, 15) is 14.7 Å². The number of carbonyl (C=O) groups excluding carboxylic acids is 1. The monoisotopic (exact) mass is 341 g/mol. The van der Waals surface area contributed by atoms with Crippen LogP contribution in [0.15, 0.2) is 30.3 Å². The number of nitrogens with zero attached hydrogens (tertiary/aromatic N) is 3. The largest absolute Gasteiger partial charge is 0.481 e. The molecule has 6 heteroatoms. The molecule has 25 heavy (non-hydrogen) atoms. The van der Waals surface area contributed by atoms with Crippen molar-refractivity contribution in [2.24, 2.45) is 5.41 Å². The summed E-state index contributed by atoms with van der Waals surface area (Å²) in [5, 5.41) is 14.0. The van der Waals surface area contributed by atoms with E-state index in [1.165, 1.54) is 0 Å². The fourth-order valence-electron chi connectivity index (χ4n) is 3.52. The number of piperidine rings is 1. The zero-order chi connectivity index (χ0) is 18.2. The van der Waals surface area contributed by atoms with Gasteiger partial charge in [-0.2, -0.15) is 5.10 Å². The summed E-state index contributed by atoms with van der Waals surface area (Å²) in [5.74, 6) is -0.984. The van der Waals surface area contributed by atoms with Crippen LogP contribution in [0.3, 0.4) is 0 Å². The van der Waals surface area contributed by atoms with E-state index in [1.54, 1.807) is 16.5 Å². The molecule has 0 aliphatic carbocycles. The molecule has 1 unspecified atom stereocenters. The second-order valence-corrected chi connectivity index (χ2v) is 6.99. The van der Waals surface area contributed by atoms with Crippen molar-refractivity contribution in [1.29, 1.82) is 0 Å². The van der Waals surface area contributed by atoms with Crippen molar-refractivity contribution >= 4 is 11.9 Å². The number of carbonyl (C=O) groups is 2. The summed E-state index contributed by atoms with van der Waals surface area (Å²) < 4.78 is 1.77. The first kappa shape index (κ1) is 17.2. The molecule has 1 fully saturated rings. The van der Waals surface area contributed by atoms with Gasteiger partial charge in [0.15, 0.2) is 0 Å². The lowest BCUT2D eigenvalue weighted by atomic mass is 9.82. The van der Waals surface area contributed by atoms with Gasteiger partial charge in [0, 0.05) is 13.1 Å². The molecule has 1 aliphatic rings. The lowest BCUT2D eigenvalue weighted by molar-refractivity contribution is -0.150. The Labute approximate surface area is 147 Å². The SMILES string of the molecule is Cc1nn(-c2ccccc2)c(C)c1C(=O)N1CCCC(C)(C(=O)O)C1. The predicted octanol–water partition coefficient (Wildman–Crippen LogP) is 2.82. The number of carboxylic acid groups (broad SMARTS) is 1. The highest BCUT2D eigenvalue weighted by molar-refractivity contribution is 5.97. The molecule has 0 radical (unpaired) electrons. The first-order chi connectivity index (χ1) is 11.8. The standard InChI is InChI=1S/C19H23N3O3/c1-13-16(14(2)22(20-13)15-8-5-4-6-9-15)17(23)21-11-7-10-19(3,12-21)18(24)25/h4-6,8-9H,7,10-12H2,1-3H3,(H,24,25). The Morgan fingerprint density at radius 3 is 2.52 bits per heavy atom. The quantitative estimate of drug-likeness (QED) is 0.931. The summed E-state index contributed by atoms with van der Waals surface area (Å²) in [7, 11) is 0. The normalized spacial score (nSPS) is 20.5. The predicted molar refractivity (Wildman–Crippen MR) is 93.9 cm³/mol. The maximum atomic E-state index is 13.1. The van der Waals surface area contributed by atoms with Crippen LogP contribution in [0.4, 0.5) is 0 Å². The van der Waals surface area contributed by atoms with Gasteiger partial charge in [-0.25, -0.2) is 4.68 Å². The van der Waals surface area contributed by atoms with Crippen LogP contribution < -0.4 is 0 Å². The van der Waals surface area contributed by atoms with Crippen LogP contribution in [-0.4, -0.2) is 44.8 Å². The summed E-state index contributed by atoms with van der Waals surface area (Å²) in [6, 6.07) is 9.67. The number of hydrogen-bond acceptors (Lipinski definition) is 3. The lowest BCUT2D eigenvalue weighted by Gasteiger charge is -2.37. The van der Waals surface area contributed by atoms with E-state index in [4.69, 9.17) is 0 Å². The number of amides is 1. The zero-order valence-electron chi connectivity index (χ0n) is 14.8. The van der Waals surface area contributed by atoms with Crippen LogP contribution in [0, 0.1) is 19.3 Å². The second-order valence-electron chi connectivity index (χ2n) is 6.99. The molecule has 132 valence electrons. The Hall–Kier alpha value is -2.63. The van der Waals surface area contributed by atoms with Crippen LogP contribution in [0.5, 0.6) is 0 Å². The molecule has 3 rings (SSSR count). The van der Waals surface area contributed by atoms with Crippen molar-refractivity contribution in [3.05, 3.63) is 47.3 Å². The van der Waals surface area contributed by atoms with Crippen molar-refractivity contribution in [3.63, 3.8) is 0 Å². The van der Waals surface area contributed by atoms with Gasteiger partial charge in [-0.15, -0.1) is 0 Å². The number of rotatable bonds is 3. The van der Waals surface area contributed by atoms with Crippen LogP contribution in [0.1, 0.15) is 41.5 Å². The number of para-hydroxylation sites is 1. The average Bonchev–Trinajstić information content (AvgIpc) is 2.89. The highest BCUT2D eigenvalue weighted by Gasteiger charge is 2.40. The molecule has 2 heterocycles. The van der Waals surface area contributed by atoms with Gasteiger partial charge in [-0.3, -0.25) is 9.59 Å². The zero-order valence-corrected chi connectivity index (χ0v) is 14.8. The molecule has 1 aliphatic heterocycles. The average molecular weight is 341 g/mol. The maximum Gasteiger partial charge on any atom is 0.311 e. The van der Waals surface area contributed by atoms with Crippen molar-refractivity contribution in [1.82, 2.24) is 14.7 Å². The minimum absolute atomic E-state index is 0.135. The topological polar surface area (TPSA) is 75.4 Å². The van der Waals surface area contributed by atoms with Crippen molar-refractivity contribution < 1.29 is 14.7 Å². The van der Waals surface area contributed by atoms with Gasteiger partial charge in [0.05, 0.1) is 28.1 Å². The number of aliphatic carboxylic acids is 1. The van der Waals surface area contributed by atoms with Crippen molar-refractivity contribution in [2.45, 2.75) is 33.6 Å². The number of carboxylic acids is 1. The summed E-state index contributed by atoms with van der Waals surface area (Å²) in [6.45, 7) is 6.22. The van der Waals surface area contributed by atoms with Crippen LogP contribution in [-0.2, 0) is 4.79 Å². The van der Waals surface area contributed by atoms with E-state index in [2.05, 4.69) is 5.10 Å². The van der Waals surface area contributed by atoms with Crippen LogP contribution >= 0.6 is 0 Å². The molecule has 1 saturated heterocycles. The Kier molecular flexibility index (Phi) is 4.37. The van der Waals surface area contributed by atoms with E-state index >= 15 is 0 Å². The Morgan fingerprint density at radius 1 is 1.20 bits per heavy atom. The smallest absolute Gasteiger partial charge is 0.311 e. The molecule has 0 spiro atoms. The summed E-state index contributed by atoms with van der Waals surface area (Å²) in [6.07, 6.45) is 1.28. The van der Waals surface area contributed by atoms with Crippen LogP contribution in [0.2, 0.25) is 0 Å². The summed E-state index contributed by atoms with van der Waals surface area (Å²) in [4.78, 5) is 26.3. The van der Waals surface area contributed by atoms with Gasteiger partial charge in [0.2, 0.25) is 0 Å². The highest BCUT2D eigenvalue weighted by Crippen LogP contribution is 2.31. The highest BCUT2D eigenvalue weighted by atomic mass is 16.4. The van der Waals surface area contributed by atoms with Gasteiger partial charge < -0.3 is 10.0 Å². The second kappa shape index (κ2) is 6.35. The van der Waals surface area contributed by atoms with Gasteiger partial charge in [0.25, 0.3) is 5.91 Å². The van der Waals surface area contributed by atoms with Crippen molar-refractivity contribution in [3.8, 4) is 5.69 Å². The number of likely N-dealkylation sites (tertiary alicyclic amines) is 1. The van der Waals surface area contributed by atoms with Gasteiger partial charge in [-0.05, 0) is 45.7 Å². The molecule has 2 aromatic rings. The summed E-state index contributed by atoms with van der Waals surface area (Å²) in [5.41, 5.74) is 2.02. The van der Waals surface area contributed by atoms with Crippen molar-refractivity contribution in [2.75, 3.05) is 13.1 Å². The maximum absolute atomic E-state index is 13.1. The third-order valence-corrected chi connectivity index (χ3v) is 5.01. The molecule has 1 aromatic heterocycles. The summed E-state index contributed by atoms with van der Waals surface area (Å²) >= 11 is 0. The van der Waals surface area contributed by atoms with Gasteiger partial charge in [-0.1, -0.05) is 18.2 Å². The molecule has 1 atom stereocenters.